The van der Waals surface area contributed by atoms with Crippen molar-refractivity contribution in [2.75, 3.05) is 0 Å². The Morgan fingerprint density at radius 2 is 1.00 bits per heavy atom. The van der Waals surface area contributed by atoms with Gasteiger partial charge in [-0.3, -0.25) is 24.0 Å². The van der Waals surface area contributed by atoms with Crippen LogP contribution in [0.15, 0.2) is 0 Å². The van der Waals surface area contributed by atoms with Gasteiger partial charge in [-0.1, -0.05) is 0 Å². The van der Waals surface area contributed by atoms with Crippen molar-refractivity contribution in [2.45, 2.75) is 55.8 Å². The quantitative estimate of drug-likeness (QED) is 0.0614. The van der Waals surface area contributed by atoms with Crippen molar-refractivity contribution in [1.29, 1.82) is 0 Å². The van der Waals surface area contributed by atoms with Gasteiger partial charge in [-0.15, -0.1) is 0 Å². The van der Waals surface area contributed by atoms with Gasteiger partial charge in [0.15, 0.2) is 11.2 Å². The van der Waals surface area contributed by atoms with Crippen molar-refractivity contribution in [2.24, 2.45) is 5.73 Å². The van der Waals surface area contributed by atoms with E-state index in [4.69, 9.17) is 26.2 Å². The first-order valence-electron chi connectivity index (χ1n) is 9.00. The first-order chi connectivity index (χ1) is 15.4. The summed E-state index contributed by atoms with van der Waals surface area (Å²) in [6.07, 6.45) is -6.98. The van der Waals surface area contributed by atoms with E-state index in [1.807, 2.05) is 0 Å². The second-order valence-electron chi connectivity index (χ2n) is 6.95. The number of hydrogen-bond donors (Lipinski definition) is 7. The summed E-state index contributed by atoms with van der Waals surface area (Å²) in [5.74, 6) is -13.8. The third kappa shape index (κ3) is 14.0. The van der Waals surface area contributed by atoms with E-state index in [9.17, 15) is 48.6 Å². The maximum absolute atomic E-state index is 11.7. The van der Waals surface area contributed by atoms with E-state index < -0.39 is 104 Å². The van der Waals surface area contributed by atoms with Crippen molar-refractivity contribution in [3.05, 3.63) is 0 Å². The second-order valence-corrected chi connectivity index (χ2v) is 6.95. The Balaban J connectivity index is -0.00000544. The zero-order chi connectivity index (χ0) is 26.9. The monoisotopic (exact) mass is 543 g/mol. The summed E-state index contributed by atoms with van der Waals surface area (Å²) in [6.45, 7) is 0. The molecule has 2 unspecified atom stereocenters. The van der Waals surface area contributed by atoms with E-state index in [1.54, 1.807) is 0 Å². The molecule has 8 N–H and O–H groups in total. The van der Waals surface area contributed by atoms with Crippen molar-refractivity contribution in [3.63, 3.8) is 0 Å². The molecule has 0 aromatic carbocycles. The van der Waals surface area contributed by atoms with Crippen LogP contribution >= 0.6 is 0 Å². The van der Waals surface area contributed by atoms with E-state index in [0.717, 1.165) is 0 Å². The second kappa shape index (κ2) is 16.7. The number of carbonyl (C=O) groups excluding carboxylic acids is 4. The Morgan fingerprint density at radius 1 is 0.639 bits per heavy atom. The van der Waals surface area contributed by atoms with Gasteiger partial charge in [0.2, 0.25) is 0 Å². The van der Waals surface area contributed by atoms with Crippen LogP contribution in [0.4, 0.5) is 0 Å². The van der Waals surface area contributed by atoms with Crippen molar-refractivity contribution in [1.82, 2.24) is 0 Å². The van der Waals surface area contributed by atoms with Crippen LogP contribution in [0.1, 0.15) is 38.5 Å². The van der Waals surface area contributed by atoms with Crippen LogP contribution in [0.3, 0.4) is 0 Å². The fourth-order valence-electron chi connectivity index (χ4n) is 2.23. The molecule has 0 aromatic heterocycles. The molecule has 0 fully saturated rings. The van der Waals surface area contributed by atoms with Crippen LogP contribution in [0.5, 0.6) is 0 Å². The topological polar surface area (TPSA) is 302 Å². The van der Waals surface area contributed by atoms with Gasteiger partial charge in [0.25, 0.3) is 0 Å². The van der Waals surface area contributed by atoms with Crippen molar-refractivity contribution >= 4 is 107 Å². The Kier molecular flexibility index (Phi) is 17.9. The predicted octanol–water partition coefficient (Wildman–Crippen LogP) is -4.70. The number of aliphatic hydroxyl groups is 2. The minimum atomic E-state index is -3.07. The summed E-state index contributed by atoms with van der Waals surface area (Å²) in [5, 5.41) is 54.3. The first kappa shape index (κ1) is 38.6. The number of rotatable bonds is 14. The fraction of sp³-hybridized carbons (Fsp3) is 0.529. The van der Waals surface area contributed by atoms with Gasteiger partial charge in [0.05, 0.1) is 25.7 Å². The molecule has 0 saturated carbocycles. The normalized spacial score (nSPS) is 14.2. The molecule has 194 valence electrons. The molecule has 0 aliphatic carbocycles. The Morgan fingerprint density at radius 3 is 1.33 bits per heavy atom. The summed E-state index contributed by atoms with van der Waals surface area (Å²) >= 11 is 0. The Labute approximate surface area is 245 Å². The van der Waals surface area contributed by atoms with Crippen LogP contribution in [0.25, 0.3) is 0 Å². The Bertz CT molecular complexity index is 892. The molecule has 0 saturated heterocycles. The van der Waals surface area contributed by atoms with E-state index in [0.29, 0.717) is 0 Å². The van der Waals surface area contributed by atoms with Crippen LogP contribution in [-0.2, 0) is 47.8 Å². The Hall–Kier alpha value is -1.96. The number of aliphatic carboxylic acids is 4. The number of esters is 4. The number of hydrogen-bond acceptors (Lipinski definition) is 13. The van der Waals surface area contributed by atoms with Gasteiger partial charge in [0, 0.05) is 6.42 Å². The fourth-order valence-corrected chi connectivity index (χ4v) is 2.23. The van der Waals surface area contributed by atoms with Gasteiger partial charge >= 0.3 is 107 Å². The van der Waals surface area contributed by atoms with E-state index in [1.165, 1.54) is 0 Å². The zero-order valence-electron chi connectivity index (χ0n) is 17.2. The molecule has 0 amide bonds. The van der Waals surface area contributed by atoms with Crippen molar-refractivity contribution in [3.8, 4) is 0 Å². The molecule has 19 heteroatoms. The van der Waals surface area contributed by atoms with Crippen molar-refractivity contribution < 1.29 is 78.5 Å². The summed E-state index contributed by atoms with van der Waals surface area (Å²) in [7, 11) is 0. The molecule has 0 radical (unpaired) electrons. The van der Waals surface area contributed by atoms with E-state index in [-0.39, 0.29) is 59.1 Å². The average Bonchev–Trinajstić information content (AvgIpc) is 2.63. The standard InChI is InChI=1S/C17H21NO16.2Na.2H/c18-7(13(26)34-12(25)6-17(32,15(29)30)4-9(21)22)1-2-10(23)33-11(24)5-16(31,14(27)28)3-8(19)20;;;;/h7,31-32H,1-6,18H2,(H,19,20)(H,21,22)(H,27,28)(H,29,30);;;;/t7-,16?,17?;;;;/m0..../s1. The van der Waals surface area contributed by atoms with Gasteiger partial charge in [-0.25, -0.2) is 14.4 Å². The minimum absolute atomic E-state index is 0. The van der Waals surface area contributed by atoms with E-state index >= 15 is 0 Å². The average molecular weight is 543 g/mol. The molecule has 36 heavy (non-hydrogen) atoms. The van der Waals surface area contributed by atoms with Crippen LogP contribution in [-0.4, -0.2) is 155 Å². The summed E-state index contributed by atoms with van der Waals surface area (Å²) in [4.78, 5) is 89.8. The van der Waals surface area contributed by atoms with Gasteiger partial charge in [-0.2, -0.15) is 0 Å². The molecule has 0 aliphatic rings. The molecule has 3 atom stereocenters. The molecular formula is C17H23NNa2O16. The van der Waals surface area contributed by atoms with Crippen LogP contribution in [0.2, 0.25) is 0 Å². The third-order valence-electron chi connectivity index (χ3n) is 3.96. The predicted molar refractivity (Wildman–Crippen MR) is 113 cm³/mol. The first-order valence-corrected chi connectivity index (χ1v) is 9.00. The molecule has 0 heterocycles. The number of ether oxygens (including phenoxy) is 2. The number of nitrogens with two attached hydrogens (primary N) is 1. The third-order valence-corrected chi connectivity index (χ3v) is 3.96. The van der Waals surface area contributed by atoms with Crippen LogP contribution in [0, 0.1) is 0 Å². The molecule has 0 bridgehead atoms. The molecule has 0 rings (SSSR count). The molecule has 17 nitrogen and oxygen atoms in total. The number of carboxylic acids is 4. The summed E-state index contributed by atoms with van der Waals surface area (Å²) in [6, 6.07) is -1.72. The summed E-state index contributed by atoms with van der Waals surface area (Å²) < 4.78 is 8.39. The zero-order valence-corrected chi connectivity index (χ0v) is 17.2. The van der Waals surface area contributed by atoms with Gasteiger partial charge < -0.3 is 45.8 Å². The molecule has 0 aliphatic heterocycles. The van der Waals surface area contributed by atoms with Gasteiger partial charge in [0.1, 0.15) is 6.04 Å². The molecule has 0 spiro atoms. The van der Waals surface area contributed by atoms with Gasteiger partial charge in [-0.05, 0) is 6.42 Å². The molecule has 0 aromatic rings. The maximum atomic E-state index is 11.7. The number of carbonyl (C=O) groups is 8. The molecular weight excluding hydrogens is 520 g/mol. The summed E-state index contributed by atoms with van der Waals surface area (Å²) in [5.41, 5.74) is -0.757. The van der Waals surface area contributed by atoms with E-state index in [2.05, 4.69) is 9.47 Å². The number of carboxylic acid groups (broad SMARTS) is 4. The SMILES string of the molecule is N[C@@H](CCC(=O)OC(=O)CC(O)(CC(=O)O)C(=O)O)C(=O)OC(=O)CC(O)(CC(=O)O)C(=O)O.[NaH].[NaH]. The van der Waals surface area contributed by atoms with Crippen LogP contribution < -0.4 is 5.73 Å².